The number of rotatable bonds is 7. The molecule has 0 aliphatic heterocycles. The summed E-state index contributed by atoms with van der Waals surface area (Å²) in [5.41, 5.74) is 0.622. The highest BCUT2D eigenvalue weighted by Gasteiger charge is 2.19. The van der Waals surface area contributed by atoms with E-state index >= 15 is 0 Å². The normalized spacial score (nSPS) is 10.4. The predicted molar refractivity (Wildman–Crippen MR) is 109 cm³/mol. The zero-order chi connectivity index (χ0) is 20.8. The van der Waals surface area contributed by atoms with Crippen molar-refractivity contribution in [3.8, 4) is 5.75 Å². The second kappa shape index (κ2) is 9.38. The smallest absolute Gasteiger partial charge is 0.289 e. The van der Waals surface area contributed by atoms with Gasteiger partial charge in [0.2, 0.25) is 5.91 Å². The van der Waals surface area contributed by atoms with Gasteiger partial charge >= 0.3 is 0 Å². The Morgan fingerprint density at radius 2 is 1.83 bits per heavy atom. The molecule has 150 valence electrons. The van der Waals surface area contributed by atoms with Crippen molar-refractivity contribution in [1.29, 1.82) is 0 Å². The lowest BCUT2D eigenvalue weighted by Gasteiger charge is -2.16. The van der Waals surface area contributed by atoms with Crippen LogP contribution in [0.1, 0.15) is 16.3 Å². The molecule has 29 heavy (non-hydrogen) atoms. The number of benzene rings is 2. The average Bonchev–Trinajstić information content (AvgIpc) is 3.17. The number of ether oxygens (including phenoxy) is 1. The van der Waals surface area contributed by atoms with E-state index in [-0.39, 0.29) is 30.6 Å². The minimum Gasteiger partial charge on any atom is -0.486 e. The van der Waals surface area contributed by atoms with Crippen molar-refractivity contribution in [1.82, 2.24) is 4.90 Å². The fraction of sp³-hybridized carbons (Fsp3) is 0.143. The second-order valence-corrected chi connectivity index (χ2v) is 7.05. The summed E-state index contributed by atoms with van der Waals surface area (Å²) in [4.78, 5) is 25.9. The molecule has 0 aliphatic carbocycles. The van der Waals surface area contributed by atoms with Crippen molar-refractivity contribution in [2.45, 2.75) is 6.61 Å². The number of halogens is 2. The highest BCUT2D eigenvalue weighted by Crippen LogP contribution is 2.21. The summed E-state index contributed by atoms with van der Waals surface area (Å²) >= 11 is 3.35. The highest BCUT2D eigenvalue weighted by atomic mass is 79.9. The predicted octanol–water partition coefficient (Wildman–Crippen LogP) is 4.47. The first kappa shape index (κ1) is 20.6. The standard InChI is InChI=1S/C21H18BrFN2O4/c1-25(12-20(26)24-18-5-3-2-4-17(18)22)21(27)19-11-10-16(29-19)13-28-15-8-6-14(23)7-9-15/h2-11H,12-13H2,1H3,(H,24,26). The van der Waals surface area contributed by atoms with E-state index in [1.165, 1.54) is 42.3 Å². The van der Waals surface area contributed by atoms with Crippen LogP contribution >= 0.6 is 15.9 Å². The quantitative estimate of drug-likeness (QED) is 0.564. The van der Waals surface area contributed by atoms with Crippen LogP contribution in [0.25, 0.3) is 0 Å². The monoisotopic (exact) mass is 460 g/mol. The van der Waals surface area contributed by atoms with E-state index in [4.69, 9.17) is 9.15 Å². The van der Waals surface area contributed by atoms with E-state index in [1.54, 1.807) is 18.2 Å². The molecule has 1 N–H and O–H groups in total. The van der Waals surface area contributed by atoms with Crippen LogP contribution in [-0.2, 0) is 11.4 Å². The Balaban J connectivity index is 1.53. The second-order valence-electron chi connectivity index (χ2n) is 6.20. The minimum absolute atomic E-state index is 0.0884. The maximum absolute atomic E-state index is 12.9. The van der Waals surface area contributed by atoms with Crippen molar-refractivity contribution in [2.24, 2.45) is 0 Å². The fourth-order valence-electron chi connectivity index (χ4n) is 2.48. The molecule has 0 unspecified atom stereocenters. The molecule has 0 radical (unpaired) electrons. The molecule has 0 spiro atoms. The first-order valence-corrected chi connectivity index (χ1v) is 9.48. The molecule has 8 heteroatoms. The Morgan fingerprint density at radius 3 is 2.55 bits per heavy atom. The molecule has 0 fully saturated rings. The minimum atomic E-state index is -0.430. The molecule has 0 saturated carbocycles. The summed E-state index contributed by atoms with van der Waals surface area (Å²) < 4.78 is 24.6. The van der Waals surface area contributed by atoms with Crippen molar-refractivity contribution >= 4 is 33.4 Å². The number of anilines is 1. The molecule has 0 saturated heterocycles. The van der Waals surface area contributed by atoms with E-state index in [0.29, 0.717) is 17.2 Å². The number of likely N-dealkylation sites (N-methyl/N-ethyl adjacent to an activating group) is 1. The SMILES string of the molecule is CN(CC(=O)Nc1ccccc1Br)C(=O)c1ccc(COc2ccc(F)cc2)o1. The van der Waals surface area contributed by atoms with E-state index in [1.807, 2.05) is 12.1 Å². The van der Waals surface area contributed by atoms with Gasteiger partial charge in [-0.15, -0.1) is 0 Å². The lowest BCUT2D eigenvalue weighted by Crippen LogP contribution is -2.34. The number of para-hydroxylation sites is 1. The summed E-state index contributed by atoms with van der Waals surface area (Å²) in [7, 11) is 1.51. The van der Waals surface area contributed by atoms with E-state index in [9.17, 15) is 14.0 Å². The van der Waals surface area contributed by atoms with Gasteiger partial charge in [0.25, 0.3) is 5.91 Å². The van der Waals surface area contributed by atoms with Crippen LogP contribution in [-0.4, -0.2) is 30.3 Å². The van der Waals surface area contributed by atoms with Gasteiger partial charge in [-0.25, -0.2) is 4.39 Å². The molecule has 3 aromatic rings. The lowest BCUT2D eigenvalue weighted by atomic mass is 10.3. The molecule has 2 amide bonds. The van der Waals surface area contributed by atoms with Crippen molar-refractivity contribution in [3.05, 3.63) is 82.5 Å². The molecule has 6 nitrogen and oxygen atoms in total. The molecule has 1 heterocycles. The van der Waals surface area contributed by atoms with Gasteiger partial charge in [-0.2, -0.15) is 0 Å². The van der Waals surface area contributed by atoms with Gasteiger partial charge in [0, 0.05) is 11.5 Å². The number of hydrogen-bond acceptors (Lipinski definition) is 4. The fourth-order valence-corrected chi connectivity index (χ4v) is 2.87. The first-order valence-electron chi connectivity index (χ1n) is 8.69. The number of furan rings is 1. The number of nitrogens with one attached hydrogen (secondary N) is 1. The number of hydrogen-bond donors (Lipinski definition) is 1. The third-order valence-corrected chi connectivity index (χ3v) is 4.63. The summed E-state index contributed by atoms with van der Waals surface area (Å²) in [5, 5.41) is 2.74. The zero-order valence-electron chi connectivity index (χ0n) is 15.5. The largest absolute Gasteiger partial charge is 0.486 e. The average molecular weight is 461 g/mol. The molecule has 0 bridgehead atoms. The van der Waals surface area contributed by atoms with Gasteiger partial charge in [0.1, 0.15) is 23.9 Å². The van der Waals surface area contributed by atoms with Crippen molar-refractivity contribution in [3.63, 3.8) is 0 Å². The molecular weight excluding hydrogens is 443 g/mol. The van der Waals surface area contributed by atoms with Gasteiger partial charge < -0.3 is 19.4 Å². The maximum atomic E-state index is 12.9. The molecular formula is C21H18BrFN2O4. The topological polar surface area (TPSA) is 71.8 Å². The van der Waals surface area contributed by atoms with Crippen LogP contribution in [0, 0.1) is 5.82 Å². The number of nitrogens with zero attached hydrogens (tertiary/aromatic N) is 1. The van der Waals surface area contributed by atoms with E-state index in [0.717, 1.165) is 4.47 Å². The molecule has 0 aliphatic rings. The number of carbonyl (C=O) groups excluding carboxylic acids is 2. The van der Waals surface area contributed by atoms with Crippen LogP contribution in [0.4, 0.5) is 10.1 Å². The Bertz CT molecular complexity index is 1000. The van der Waals surface area contributed by atoms with Crippen LogP contribution in [0.2, 0.25) is 0 Å². The Morgan fingerprint density at radius 1 is 1.10 bits per heavy atom. The molecule has 0 atom stereocenters. The Hall–Kier alpha value is -3.13. The van der Waals surface area contributed by atoms with Gasteiger partial charge in [0.05, 0.1) is 12.2 Å². The summed E-state index contributed by atoms with van der Waals surface area (Å²) in [6, 6.07) is 15.9. The summed E-state index contributed by atoms with van der Waals surface area (Å²) in [5.74, 6) is -0.103. The number of amides is 2. The van der Waals surface area contributed by atoms with E-state index < -0.39 is 5.91 Å². The molecule has 2 aromatic carbocycles. The number of carbonyl (C=O) groups is 2. The third-order valence-electron chi connectivity index (χ3n) is 3.94. The van der Waals surface area contributed by atoms with Crippen molar-refractivity contribution < 1.29 is 23.1 Å². The Kier molecular flexibility index (Phi) is 6.66. The van der Waals surface area contributed by atoms with Gasteiger partial charge in [-0.05, 0) is 64.5 Å². The molecule has 3 rings (SSSR count). The lowest BCUT2D eigenvalue weighted by molar-refractivity contribution is -0.116. The van der Waals surface area contributed by atoms with Gasteiger partial charge in [-0.1, -0.05) is 12.1 Å². The molecule has 1 aromatic heterocycles. The van der Waals surface area contributed by atoms with Crippen LogP contribution in [0.5, 0.6) is 5.75 Å². The van der Waals surface area contributed by atoms with Crippen LogP contribution < -0.4 is 10.1 Å². The summed E-state index contributed by atoms with van der Waals surface area (Å²) in [6.07, 6.45) is 0. The van der Waals surface area contributed by atoms with Crippen LogP contribution in [0.15, 0.2) is 69.6 Å². The maximum Gasteiger partial charge on any atom is 0.289 e. The van der Waals surface area contributed by atoms with Crippen molar-refractivity contribution in [2.75, 3.05) is 18.9 Å². The third kappa shape index (κ3) is 5.68. The zero-order valence-corrected chi connectivity index (χ0v) is 17.1. The highest BCUT2D eigenvalue weighted by molar-refractivity contribution is 9.10. The summed E-state index contributed by atoms with van der Waals surface area (Å²) in [6.45, 7) is -0.0482. The first-order chi connectivity index (χ1) is 13.9. The van der Waals surface area contributed by atoms with Gasteiger partial charge in [0.15, 0.2) is 5.76 Å². The Labute approximate surface area is 175 Å². The van der Waals surface area contributed by atoms with Crippen LogP contribution in [0.3, 0.4) is 0 Å². The van der Waals surface area contributed by atoms with E-state index in [2.05, 4.69) is 21.2 Å². The van der Waals surface area contributed by atoms with Gasteiger partial charge in [-0.3, -0.25) is 9.59 Å².